The molecule has 1 amide bonds. The van der Waals surface area contributed by atoms with Crippen LogP contribution in [-0.2, 0) is 16.0 Å². The van der Waals surface area contributed by atoms with Crippen LogP contribution in [0, 0.1) is 0 Å². The summed E-state index contributed by atoms with van der Waals surface area (Å²) in [6.45, 7) is 2.04. The van der Waals surface area contributed by atoms with Crippen molar-refractivity contribution in [1.82, 2.24) is 4.90 Å². The van der Waals surface area contributed by atoms with Gasteiger partial charge in [-0.1, -0.05) is 24.3 Å². The van der Waals surface area contributed by atoms with Crippen LogP contribution in [0.25, 0.3) is 0 Å². The summed E-state index contributed by atoms with van der Waals surface area (Å²) < 4.78 is 5.57. The van der Waals surface area contributed by atoms with Gasteiger partial charge in [0.05, 0.1) is 18.6 Å². The number of hydrogen-bond donors (Lipinski definition) is 1. The maximum absolute atomic E-state index is 12.5. The Morgan fingerprint density at radius 3 is 3.00 bits per heavy atom. The third-order valence-electron chi connectivity index (χ3n) is 4.38. The molecule has 2 heterocycles. The highest BCUT2D eigenvalue weighted by molar-refractivity contribution is 5.77. The zero-order chi connectivity index (χ0) is 13.9. The van der Waals surface area contributed by atoms with Crippen molar-refractivity contribution in [2.75, 3.05) is 19.7 Å². The summed E-state index contributed by atoms with van der Waals surface area (Å²) in [5.74, 6) is 0.182. The molecule has 0 radical (unpaired) electrons. The minimum Gasteiger partial charge on any atom is -0.378 e. The fourth-order valence-corrected chi connectivity index (χ4v) is 3.32. The molecule has 1 fully saturated rings. The maximum atomic E-state index is 12.5. The van der Waals surface area contributed by atoms with Crippen molar-refractivity contribution in [2.45, 2.75) is 37.8 Å². The van der Waals surface area contributed by atoms with Gasteiger partial charge >= 0.3 is 0 Å². The number of carbonyl (C=O) groups excluding carboxylic acids is 1. The molecule has 2 aliphatic rings. The van der Waals surface area contributed by atoms with E-state index in [1.54, 1.807) is 0 Å². The monoisotopic (exact) mass is 274 g/mol. The number of rotatable bonds is 3. The van der Waals surface area contributed by atoms with Gasteiger partial charge in [0.15, 0.2) is 0 Å². The average Bonchev–Trinajstić information content (AvgIpc) is 2.98. The van der Waals surface area contributed by atoms with E-state index in [9.17, 15) is 4.79 Å². The fraction of sp³-hybridized carbons (Fsp3) is 0.562. The summed E-state index contributed by atoms with van der Waals surface area (Å²) in [7, 11) is 0. The molecule has 2 aliphatic heterocycles. The van der Waals surface area contributed by atoms with Gasteiger partial charge in [-0.25, -0.2) is 0 Å². The van der Waals surface area contributed by atoms with Gasteiger partial charge in [0, 0.05) is 19.7 Å². The molecular weight excluding hydrogens is 252 g/mol. The Bertz CT molecular complexity index is 483. The first kappa shape index (κ1) is 13.6. The number of hydrogen-bond acceptors (Lipinski definition) is 3. The number of nitrogens with zero attached hydrogens (tertiary/aromatic N) is 1. The van der Waals surface area contributed by atoms with E-state index in [2.05, 4.69) is 18.2 Å². The first-order valence-corrected chi connectivity index (χ1v) is 7.48. The van der Waals surface area contributed by atoms with Crippen LogP contribution >= 0.6 is 0 Å². The quantitative estimate of drug-likeness (QED) is 0.911. The normalized spacial score (nSPS) is 25.6. The summed E-state index contributed by atoms with van der Waals surface area (Å²) in [4.78, 5) is 14.5. The van der Waals surface area contributed by atoms with Crippen LogP contribution in [0.1, 0.15) is 36.4 Å². The zero-order valence-electron chi connectivity index (χ0n) is 11.8. The van der Waals surface area contributed by atoms with Crippen molar-refractivity contribution < 1.29 is 9.53 Å². The van der Waals surface area contributed by atoms with E-state index in [1.807, 2.05) is 11.0 Å². The van der Waals surface area contributed by atoms with Gasteiger partial charge in [0.25, 0.3) is 0 Å². The highest BCUT2D eigenvalue weighted by Gasteiger charge is 2.31. The summed E-state index contributed by atoms with van der Waals surface area (Å²) in [6.07, 6.45) is 3.60. The van der Waals surface area contributed by atoms with Crippen molar-refractivity contribution in [2.24, 2.45) is 5.73 Å². The second-order valence-electron chi connectivity index (χ2n) is 5.63. The molecule has 1 saturated heterocycles. The number of fused-ring (bicyclic) bond motifs is 1. The van der Waals surface area contributed by atoms with Crippen LogP contribution in [0.2, 0.25) is 0 Å². The largest absolute Gasteiger partial charge is 0.378 e. The Morgan fingerprint density at radius 1 is 1.40 bits per heavy atom. The molecule has 4 heteroatoms. The topological polar surface area (TPSA) is 55.6 Å². The minimum absolute atomic E-state index is 0.0221. The Labute approximate surface area is 119 Å². The van der Waals surface area contributed by atoms with Gasteiger partial charge in [-0.2, -0.15) is 0 Å². The van der Waals surface area contributed by atoms with Crippen LogP contribution < -0.4 is 5.73 Å². The highest BCUT2D eigenvalue weighted by atomic mass is 16.5. The number of amides is 1. The molecule has 20 heavy (non-hydrogen) atoms. The molecule has 0 bridgehead atoms. The van der Waals surface area contributed by atoms with E-state index >= 15 is 0 Å². The highest BCUT2D eigenvalue weighted by Crippen LogP contribution is 2.30. The van der Waals surface area contributed by atoms with E-state index < -0.39 is 0 Å². The number of ether oxygens (including phenoxy) is 1. The first-order chi connectivity index (χ1) is 9.79. The summed E-state index contributed by atoms with van der Waals surface area (Å²) >= 11 is 0. The van der Waals surface area contributed by atoms with Crippen molar-refractivity contribution in [1.29, 1.82) is 0 Å². The third kappa shape index (κ3) is 2.58. The molecule has 4 nitrogen and oxygen atoms in total. The lowest BCUT2D eigenvalue weighted by Gasteiger charge is -2.37. The molecule has 2 unspecified atom stereocenters. The maximum Gasteiger partial charge on any atom is 0.225 e. The van der Waals surface area contributed by atoms with Crippen LogP contribution in [0.5, 0.6) is 0 Å². The van der Waals surface area contributed by atoms with Gasteiger partial charge in [-0.15, -0.1) is 0 Å². The second kappa shape index (κ2) is 5.94. The minimum atomic E-state index is 0.0221. The Morgan fingerprint density at radius 2 is 2.25 bits per heavy atom. The van der Waals surface area contributed by atoms with Gasteiger partial charge in [-0.3, -0.25) is 4.79 Å². The van der Waals surface area contributed by atoms with Gasteiger partial charge in [0.1, 0.15) is 0 Å². The molecule has 2 N–H and O–H groups in total. The van der Waals surface area contributed by atoms with Gasteiger partial charge in [0.2, 0.25) is 5.91 Å². The molecule has 1 aromatic carbocycles. The van der Waals surface area contributed by atoms with E-state index in [0.29, 0.717) is 13.0 Å². The Kier molecular flexibility index (Phi) is 4.03. The Hall–Kier alpha value is -1.39. The lowest BCUT2D eigenvalue weighted by molar-refractivity contribution is -0.136. The summed E-state index contributed by atoms with van der Waals surface area (Å²) in [6, 6.07) is 8.33. The van der Waals surface area contributed by atoms with Gasteiger partial charge in [-0.05, 0) is 30.4 Å². The first-order valence-electron chi connectivity index (χ1n) is 7.48. The summed E-state index contributed by atoms with van der Waals surface area (Å²) in [5.41, 5.74) is 8.46. The lowest BCUT2D eigenvalue weighted by Crippen LogP contribution is -2.44. The van der Waals surface area contributed by atoms with E-state index in [-0.39, 0.29) is 18.1 Å². The average molecular weight is 274 g/mol. The molecule has 2 atom stereocenters. The molecule has 0 aromatic heterocycles. The van der Waals surface area contributed by atoms with E-state index in [1.165, 1.54) is 11.1 Å². The second-order valence-corrected chi connectivity index (χ2v) is 5.63. The van der Waals surface area contributed by atoms with Crippen molar-refractivity contribution in [3.63, 3.8) is 0 Å². The molecule has 108 valence electrons. The number of carbonyl (C=O) groups is 1. The molecule has 0 saturated carbocycles. The number of nitrogens with two attached hydrogens (primary N) is 1. The van der Waals surface area contributed by atoms with Crippen molar-refractivity contribution in [3.8, 4) is 0 Å². The predicted octanol–water partition coefficient (Wildman–Crippen LogP) is 1.64. The molecule has 3 rings (SSSR count). The smallest absolute Gasteiger partial charge is 0.225 e. The van der Waals surface area contributed by atoms with Crippen LogP contribution in [0.15, 0.2) is 24.3 Å². The molecule has 0 spiro atoms. The Balaban J connectivity index is 1.75. The zero-order valence-corrected chi connectivity index (χ0v) is 11.8. The molecular formula is C16H22N2O2. The van der Waals surface area contributed by atoms with Crippen LogP contribution in [0.4, 0.5) is 0 Å². The van der Waals surface area contributed by atoms with Crippen molar-refractivity contribution >= 4 is 5.91 Å². The van der Waals surface area contributed by atoms with Crippen molar-refractivity contribution in [3.05, 3.63) is 35.4 Å². The van der Waals surface area contributed by atoms with Crippen LogP contribution in [-0.4, -0.2) is 36.6 Å². The third-order valence-corrected chi connectivity index (χ3v) is 4.38. The predicted molar refractivity (Wildman–Crippen MR) is 77.2 cm³/mol. The standard InChI is InChI=1S/C16H22N2O2/c17-11-15-14-6-2-1-4-12(14)7-8-18(15)16(19)10-13-5-3-9-20-13/h1-2,4,6,13,15H,3,5,7-11,17H2. The van der Waals surface area contributed by atoms with Gasteiger partial charge < -0.3 is 15.4 Å². The lowest BCUT2D eigenvalue weighted by atomic mass is 9.92. The van der Waals surface area contributed by atoms with E-state index in [4.69, 9.17) is 10.5 Å². The summed E-state index contributed by atoms with van der Waals surface area (Å²) in [5, 5.41) is 0. The number of benzene rings is 1. The van der Waals surface area contributed by atoms with Crippen LogP contribution in [0.3, 0.4) is 0 Å². The molecule has 0 aliphatic carbocycles. The SMILES string of the molecule is NCC1c2ccccc2CCN1C(=O)CC1CCCO1. The van der Waals surface area contributed by atoms with E-state index in [0.717, 1.165) is 32.4 Å². The molecule has 1 aromatic rings. The fourth-order valence-electron chi connectivity index (χ4n) is 3.32.